The van der Waals surface area contributed by atoms with Gasteiger partial charge in [0.2, 0.25) is 0 Å². The van der Waals surface area contributed by atoms with Gasteiger partial charge in [0.15, 0.2) is 5.65 Å². The van der Waals surface area contributed by atoms with Gasteiger partial charge in [-0.25, -0.2) is 4.98 Å². The summed E-state index contributed by atoms with van der Waals surface area (Å²) < 4.78 is 0. The first-order valence-corrected chi connectivity index (χ1v) is 7.70. The van der Waals surface area contributed by atoms with Crippen LogP contribution in [0.3, 0.4) is 0 Å². The van der Waals surface area contributed by atoms with Gasteiger partial charge in [-0.2, -0.15) is 5.10 Å². The van der Waals surface area contributed by atoms with Crippen molar-refractivity contribution in [3.8, 4) is 28.3 Å². The number of aromatic hydroxyl groups is 1. The zero-order valence-corrected chi connectivity index (χ0v) is 12.9. The fraction of sp³-hybridized carbons (Fsp3) is 0. The third-order valence-electron chi connectivity index (χ3n) is 4.13. The molecule has 0 saturated heterocycles. The van der Waals surface area contributed by atoms with Crippen molar-refractivity contribution in [3.63, 3.8) is 0 Å². The second-order valence-corrected chi connectivity index (χ2v) is 5.74. The van der Waals surface area contributed by atoms with Gasteiger partial charge in [0.25, 0.3) is 0 Å². The smallest absolute Gasteiger partial charge is 0.181 e. The van der Waals surface area contributed by atoms with Crippen LogP contribution in [0.15, 0.2) is 55.1 Å². The molecule has 0 amide bonds. The van der Waals surface area contributed by atoms with Gasteiger partial charge in [0.05, 0.1) is 28.6 Å². The Morgan fingerprint density at radius 3 is 2.76 bits per heavy atom. The SMILES string of the molecule is Oc1cncc(-c2cnc3n[nH]c(-c4cc5ncccc5[nH]4)c3c2)c1. The summed E-state index contributed by atoms with van der Waals surface area (Å²) in [4.78, 5) is 16.1. The number of pyridine rings is 3. The molecule has 5 aromatic rings. The van der Waals surface area contributed by atoms with Crippen LogP contribution >= 0.6 is 0 Å². The third-order valence-corrected chi connectivity index (χ3v) is 4.13. The zero-order chi connectivity index (χ0) is 16.8. The zero-order valence-electron chi connectivity index (χ0n) is 12.9. The lowest BCUT2D eigenvalue weighted by Crippen LogP contribution is -1.84. The van der Waals surface area contributed by atoms with E-state index in [1.807, 2.05) is 24.3 Å². The van der Waals surface area contributed by atoms with Crippen molar-refractivity contribution in [1.29, 1.82) is 0 Å². The first-order chi connectivity index (χ1) is 12.3. The van der Waals surface area contributed by atoms with Crippen molar-refractivity contribution in [3.05, 3.63) is 55.1 Å². The first-order valence-electron chi connectivity index (χ1n) is 7.70. The van der Waals surface area contributed by atoms with Crippen LogP contribution in [0.4, 0.5) is 0 Å². The molecule has 0 unspecified atom stereocenters. The number of nitrogens with zero attached hydrogens (tertiary/aromatic N) is 4. The van der Waals surface area contributed by atoms with Crippen molar-refractivity contribution in [2.45, 2.75) is 0 Å². The molecule has 5 aromatic heterocycles. The molecule has 7 nitrogen and oxygen atoms in total. The van der Waals surface area contributed by atoms with Crippen LogP contribution in [-0.2, 0) is 0 Å². The normalized spacial score (nSPS) is 11.4. The average Bonchev–Trinajstić information content (AvgIpc) is 3.24. The number of nitrogens with one attached hydrogen (secondary N) is 2. The van der Waals surface area contributed by atoms with Crippen LogP contribution in [0, 0.1) is 0 Å². The van der Waals surface area contributed by atoms with E-state index in [9.17, 15) is 5.11 Å². The summed E-state index contributed by atoms with van der Waals surface area (Å²) in [7, 11) is 0. The quantitative estimate of drug-likeness (QED) is 0.461. The Hall–Kier alpha value is -3.74. The van der Waals surface area contributed by atoms with Gasteiger partial charge in [0, 0.05) is 35.1 Å². The molecule has 25 heavy (non-hydrogen) atoms. The third kappa shape index (κ3) is 2.21. The molecule has 5 heterocycles. The molecule has 0 radical (unpaired) electrons. The molecule has 0 saturated carbocycles. The topological polar surface area (TPSA) is 103 Å². The van der Waals surface area contributed by atoms with Gasteiger partial charge in [-0.05, 0) is 30.3 Å². The Morgan fingerprint density at radius 2 is 1.88 bits per heavy atom. The van der Waals surface area contributed by atoms with Crippen molar-refractivity contribution < 1.29 is 5.11 Å². The minimum Gasteiger partial charge on any atom is -0.506 e. The van der Waals surface area contributed by atoms with E-state index >= 15 is 0 Å². The van der Waals surface area contributed by atoms with Crippen LogP contribution in [0.5, 0.6) is 5.75 Å². The summed E-state index contributed by atoms with van der Waals surface area (Å²) in [5, 5.41) is 17.8. The summed E-state index contributed by atoms with van der Waals surface area (Å²) in [5.41, 5.74) is 5.86. The fourth-order valence-electron chi connectivity index (χ4n) is 2.94. The number of hydrogen-bond acceptors (Lipinski definition) is 5. The second-order valence-electron chi connectivity index (χ2n) is 5.74. The van der Waals surface area contributed by atoms with Crippen molar-refractivity contribution in [2.24, 2.45) is 0 Å². The van der Waals surface area contributed by atoms with Crippen LogP contribution < -0.4 is 0 Å². The van der Waals surface area contributed by atoms with Gasteiger partial charge < -0.3 is 10.1 Å². The highest BCUT2D eigenvalue weighted by molar-refractivity contribution is 5.95. The molecule has 0 aliphatic heterocycles. The fourth-order valence-corrected chi connectivity index (χ4v) is 2.94. The molecule has 3 N–H and O–H groups in total. The first kappa shape index (κ1) is 13.7. The molecular weight excluding hydrogens is 316 g/mol. The van der Waals surface area contributed by atoms with Gasteiger partial charge in [-0.3, -0.25) is 15.1 Å². The molecule has 0 bridgehead atoms. The Labute approximate surface area is 141 Å². The highest BCUT2D eigenvalue weighted by atomic mass is 16.3. The molecule has 0 aliphatic carbocycles. The maximum atomic E-state index is 9.65. The molecule has 120 valence electrons. The minimum atomic E-state index is 0.117. The van der Waals surface area contributed by atoms with Gasteiger partial charge in [-0.15, -0.1) is 0 Å². The maximum Gasteiger partial charge on any atom is 0.181 e. The molecular formula is C18H12N6O. The molecule has 0 atom stereocenters. The highest BCUT2D eigenvalue weighted by Gasteiger charge is 2.13. The van der Waals surface area contributed by atoms with Crippen LogP contribution in [0.25, 0.3) is 44.6 Å². The van der Waals surface area contributed by atoms with Crippen LogP contribution in [-0.4, -0.2) is 35.2 Å². The van der Waals surface area contributed by atoms with E-state index in [1.54, 1.807) is 24.7 Å². The Balaban J connectivity index is 1.70. The van der Waals surface area contributed by atoms with Gasteiger partial charge in [-0.1, -0.05) is 0 Å². The van der Waals surface area contributed by atoms with Crippen LogP contribution in [0.1, 0.15) is 0 Å². The molecule has 0 fully saturated rings. The average molecular weight is 328 g/mol. The standard InChI is InChI=1S/C18H12N6O/c25-12-4-10(7-19-9-12)11-5-13-17(23-24-18(13)21-8-11)16-6-15-14(22-16)2-1-3-20-15/h1-9,22,25H,(H,21,23,24). The van der Waals surface area contributed by atoms with E-state index in [-0.39, 0.29) is 5.75 Å². The Morgan fingerprint density at radius 1 is 0.960 bits per heavy atom. The highest BCUT2D eigenvalue weighted by Crippen LogP contribution is 2.30. The predicted octanol–water partition coefficient (Wildman–Crippen LogP) is 3.27. The van der Waals surface area contributed by atoms with Gasteiger partial charge >= 0.3 is 0 Å². The lowest BCUT2D eigenvalue weighted by molar-refractivity contribution is 0.473. The summed E-state index contributed by atoms with van der Waals surface area (Å²) in [6.07, 6.45) is 6.57. The van der Waals surface area contributed by atoms with E-state index in [0.717, 1.165) is 38.9 Å². The summed E-state index contributed by atoms with van der Waals surface area (Å²) in [6, 6.07) is 9.48. The maximum absolute atomic E-state index is 9.65. The minimum absolute atomic E-state index is 0.117. The van der Waals surface area contributed by atoms with E-state index in [4.69, 9.17) is 0 Å². The molecule has 5 rings (SSSR count). The number of aromatic amines is 2. The van der Waals surface area contributed by atoms with E-state index in [1.165, 1.54) is 6.20 Å². The summed E-state index contributed by atoms with van der Waals surface area (Å²) in [5.74, 6) is 0.117. The molecule has 0 aromatic carbocycles. The molecule has 7 heteroatoms. The lowest BCUT2D eigenvalue weighted by Gasteiger charge is -2.02. The largest absolute Gasteiger partial charge is 0.506 e. The van der Waals surface area contributed by atoms with Crippen molar-refractivity contribution >= 4 is 22.1 Å². The number of fused-ring (bicyclic) bond motifs is 2. The van der Waals surface area contributed by atoms with Crippen LogP contribution in [0.2, 0.25) is 0 Å². The molecule has 0 spiro atoms. The Bertz CT molecular complexity index is 1190. The summed E-state index contributed by atoms with van der Waals surface area (Å²) in [6.45, 7) is 0. The van der Waals surface area contributed by atoms with Crippen molar-refractivity contribution in [2.75, 3.05) is 0 Å². The van der Waals surface area contributed by atoms with E-state index < -0.39 is 0 Å². The number of aromatic nitrogens is 6. The number of hydrogen-bond donors (Lipinski definition) is 3. The van der Waals surface area contributed by atoms with E-state index in [0.29, 0.717) is 5.65 Å². The monoisotopic (exact) mass is 328 g/mol. The summed E-state index contributed by atoms with van der Waals surface area (Å²) >= 11 is 0. The van der Waals surface area contributed by atoms with E-state index in [2.05, 4.69) is 30.1 Å². The number of rotatable bonds is 2. The van der Waals surface area contributed by atoms with Gasteiger partial charge in [0.1, 0.15) is 5.75 Å². The lowest BCUT2D eigenvalue weighted by atomic mass is 10.1. The predicted molar refractivity (Wildman–Crippen MR) is 93.9 cm³/mol. The molecule has 0 aliphatic rings. The number of H-pyrrole nitrogens is 2. The Kier molecular flexibility index (Phi) is 2.81. The second kappa shape index (κ2) is 5.13. The van der Waals surface area contributed by atoms with Crippen molar-refractivity contribution in [1.82, 2.24) is 30.1 Å².